The fourth-order valence-corrected chi connectivity index (χ4v) is 1.88. The van der Waals surface area contributed by atoms with Crippen LogP contribution >= 0.6 is 0 Å². The molecule has 1 aliphatic rings. The van der Waals surface area contributed by atoms with Gasteiger partial charge in [0.25, 0.3) is 0 Å². The zero-order valence-electron chi connectivity index (χ0n) is 8.68. The third kappa shape index (κ3) is 3.79. The van der Waals surface area contributed by atoms with E-state index in [1.54, 1.807) is 0 Å². The Balaban J connectivity index is 2.47. The van der Waals surface area contributed by atoms with Crippen molar-refractivity contribution in [2.75, 3.05) is 0 Å². The fourth-order valence-electron chi connectivity index (χ4n) is 1.66. The van der Waals surface area contributed by atoms with Gasteiger partial charge in [0.15, 0.2) is 0 Å². The van der Waals surface area contributed by atoms with E-state index < -0.39 is 21.5 Å². The highest BCUT2D eigenvalue weighted by molar-refractivity contribution is 7.86. The van der Waals surface area contributed by atoms with E-state index in [0.29, 0.717) is 0 Å². The highest BCUT2D eigenvalue weighted by atomic mass is 32.2. The Morgan fingerprint density at radius 1 is 1.33 bits per heavy atom. The number of carbonyl (C=O) groups excluding carboxylic acids is 1. The van der Waals surface area contributed by atoms with Crippen molar-refractivity contribution in [1.29, 1.82) is 0 Å². The van der Waals surface area contributed by atoms with E-state index in [9.17, 15) is 13.2 Å². The molecular weight excluding hydrogens is 220 g/mol. The normalized spacial score (nSPS) is 20.9. The molecule has 0 heterocycles. The monoisotopic (exact) mass is 236 g/mol. The lowest BCUT2D eigenvalue weighted by Gasteiger charge is -2.21. The predicted molar refractivity (Wildman–Crippen MR) is 53.7 cm³/mol. The molecule has 6 heteroatoms. The minimum atomic E-state index is -4.28. The van der Waals surface area contributed by atoms with Gasteiger partial charge in [-0.3, -0.25) is 9.35 Å². The maximum absolute atomic E-state index is 11.5. The van der Waals surface area contributed by atoms with Crippen molar-refractivity contribution in [3.05, 3.63) is 0 Å². The Labute approximate surface area is 89.6 Å². The number of hydrogen-bond donors (Lipinski definition) is 1. The fraction of sp³-hybridized carbons (Fsp3) is 0.889. The summed E-state index contributed by atoms with van der Waals surface area (Å²) in [6.07, 6.45) is 4.55. The van der Waals surface area contributed by atoms with Crippen LogP contribution in [0.5, 0.6) is 0 Å². The van der Waals surface area contributed by atoms with Gasteiger partial charge in [0.05, 0.1) is 5.92 Å². The average Bonchev–Trinajstić information content (AvgIpc) is 2.17. The molecule has 0 spiro atoms. The Morgan fingerprint density at radius 3 is 2.33 bits per heavy atom. The molecule has 1 unspecified atom stereocenters. The zero-order chi connectivity index (χ0) is 11.5. The maximum Gasteiger partial charge on any atom is 0.310 e. The summed E-state index contributed by atoms with van der Waals surface area (Å²) in [7, 11) is -4.28. The molecule has 15 heavy (non-hydrogen) atoms. The molecule has 0 aliphatic heterocycles. The Morgan fingerprint density at radius 2 is 1.87 bits per heavy atom. The maximum atomic E-state index is 11.5. The SMILES string of the molecule is CC(OC(=O)C1CCCCC1)S(=O)(=O)O. The molecule has 1 fully saturated rings. The lowest BCUT2D eigenvalue weighted by atomic mass is 9.89. The van der Waals surface area contributed by atoms with Crippen molar-refractivity contribution in [2.45, 2.75) is 44.5 Å². The molecule has 1 aliphatic carbocycles. The largest absolute Gasteiger partial charge is 0.443 e. The third-order valence-corrected chi connectivity index (χ3v) is 3.58. The van der Waals surface area contributed by atoms with Gasteiger partial charge in [0.2, 0.25) is 5.44 Å². The summed E-state index contributed by atoms with van der Waals surface area (Å²) in [4.78, 5) is 11.5. The van der Waals surface area contributed by atoms with Crippen molar-refractivity contribution in [1.82, 2.24) is 0 Å². The predicted octanol–water partition coefficient (Wildman–Crippen LogP) is 1.34. The van der Waals surface area contributed by atoms with Crippen LogP contribution in [0.15, 0.2) is 0 Å². The van der Waals surface area contributed by atoms with Crippen molar-refractivity contribution in [2.24, 2.45) is 5.92 Å². The molecule has 0 bridgehead atoms. The summed E-state index contributed by atoms with van der Waals surface area (Å²) in [6, 6.07) is 0. The van der Waals surface area contributed by atoms with Crippen LogP contribution in [-0.4, -0.2) is 24.4 Å². The van der Waals surface area contributed by atoms with Crippen LogP contribution in [0.25, 0.3) is 0 Å². The van der Waals surface area contributed by atoms with Gasteiger partial charge in [0, 0.05) is 0 Å². The molecule has 0 radical (unpaired) electrons. The molecule has 1 atom stereocenters. The Hall–Kier alpha value is -0.620. The van der Waals surface area contributed by atoms with Crippen LogP contribution in [0.1, 0.15) is 39.0 Å². The van der Waals surface area contributed by atoms with E-state index in [0.717, 1.165) is 39.0 Å². The zero-order valence-corrected chi connectivity index (χ0v) is 9.50. The van der Waals surface area contributed by atoms with Gasteiger partial charge in [-0.2, -0.15) is 8.42 Å². The highest BCUT2D eigenvalue weighted by Crippen LogP contribution is 2.25. The Kier molecular flexibility index (Phi) is 4.10. The van der Waals surface area contributed by atoms with Crippen LogP contribution in [0.2, 0.25) is 0 Å². The topological polar surface area (TPSA) is 80.7 Å². The first-order valence-corrected chi connectivity index (χ1v) is 6.58. The average molecular weight is 236 g/mol. The van der Waals surface area contributed by atoms with Crippen LogP contribution in [0, 0.1) is 5.92 Å². The van der Waals surface area contributed by atoms with Crippen LogP contribution < -0.4 is 0 Å². The van der Waals surface area contributed by atoms with E-state index in [4.69, 9.17) is 4.55 Å². The van der Waals surface area contributed by atoms with E-state index >= 15 is 0 Å². The molecule has 88 valence electrons. The van der Waals surface area contributed by atoms with Gasteiger partial charge in [-0.15, -0.1) is 0 Å². The first kappa shape index (κ1) is 12.4. The van der Waals surface area contributed by atoms with Gasteiger partial charge in [0.1, 0.15) is 0 Å². The third-order valence-electron chi connectivity index (χ3n) is 2.64. The summed E-state index contributed by atoms with van der Waals surface area (Å²) in [6.45, 7) is 1.15. The first-order valence-electron chi connectivity index (χ1n) is 5.08. The second kappa shape index (κ2) is 4.94. The molecule has 0 saturated heterocycles. The molecule has 0 amide bonds. The molecule has 1 rings (SSSR count). The van der Waals surface area contributed by atoms with Gasteiger partial charge in [-0.25, -0.2) is 0 Å². The minimum absolute atomic E-state index is 0.206. The summed E-state index contributed by atoms with van der Waals surface area (Å²) >= 11 is 0. The molecule has 5 nitrogen and oxygen atoms in total. The van der Waals surface area contributed by atoms with Gasteiger partial charge in [-0.1, -0.05) is 19.3 Å². The lowest BCUT2D eigenvalue weighted by Crippen LogP contribution is -2.28. The second-order valence-corrected chi connectivity index (χ2v) is 5.55. The second-order valence-electron chi connectivity index (χ2n) is 3.85. The summed E-state index contributed by atoms with van der Waals surface area (Å²) in [5.41, 5.74) is -1.47. The smallest absolute Gasteiger partial charge is 0.310 e. The molecule has 1 N–H and O–H groups in total. The van der Waals surface area contributed by atoms with Gasteiger partial charge < -0.3 is 4.74 Å². The summed E-state index contributed by atoms with van der Waals surface area (Å²) in [5, 5.41) is 0. The van der Waals surface area contributed by atoms with Crippen molar-refractivity contribution in [3.63, 3.8) is 0 Å². The highest BCUT2D eigenvalue weighted by Gasteiger charge is 2.28. The van der Waals surface area contributed by atoms with E-state index in [2.05, 4.69) is 4.74 Å². The van der Waals surface area contributed by atoms with E-state index in [1.165, 1.54) is 0 Å². The van der Waals surface area contributed by atoms with E-state index in [-0.39, 0.29) is 5.92 Å². The minimum Gasteiger partial charge on any atom is -0.443 e. The lowest BCUT2D eigenvalue weighted by molar-refractivity contribution is -0.151. The van der Waals surface area contributed by atoms with Crippen LogP contribution in [-0.2, 0) is 19.6 Å². The van der Waals surface area contributed by atoms with Gasteiger partial charge >= 0.3 is 16.1 Å². The number of esters is 1. The number of carbonyl (C=O) groups is 1. The van der Waals surface area contributed by atoms with Crippen LogP contribution in [0.3, 0.4) is 0 Å². The van der Waals surface area contributed by atoms with Crippen molar-refractivity contribution >= 4 is 16.1 Å². The quantitative estimate of drug-likeness (QED) is 0.590. The molecule has 0 aromatic heterocycles. The number of rotatable bonds is 3. The number of ether oxygens (including phenoxy) is 1. The first-order chi connectivity index (χ1) is 6.91. The van der Waals surface area contributed by atoms with Crippen molar-refractivity contribution in [3.8, 4) is 0 Å². The van der Waals surface area contributed by atoms with Crippen LogP contribution in [0.4, 0.5) is 0 Å². The molecule has 0 aromatic carbocycles. The summed E-state index contributed by atoms with van der Waals surface area (Å²) in [5.74, 6) is -0.720. The van der Waals surface area contributed by atoms with E-state index in [1.807, 2.05) is 0 Å². The molecule has 1 saturated carbocycles. The van der Waals surface area contributed by atoms with Crippen molar-refractivity contribution < 1.29 is 22.5 Å². The number of hydrogen-bond acceptors (Lipinski definition) is 4. The van der Waals surface area contributed by atoms with Gasteiger partial charge in [-0.05, 0) is 19.8 Å². The molecular formula is C9H16O5S. The summed E-state index contributed by atoms with van der Waals surface area (Å²) < 4.78 is 34.6. The standard InChI is InChI=1S/C9H16O5S/c1-7(15(11,12)13)14-9(10)8-5-3-2-4-6-8/h7-8H,2-6H2,1H3,(H,11,12,13). The Bertz CT molecular complexity index is 315. The molecule has 0 aromatic rings.